The first-order valence-electron chi connectivity index (χ1n) is 10.4. The molecule has 2 aromatic heterocycles. The van der Waals surface area contributed by atoms with Crippen LogP contribution in [-0.4, -0.2) is 53.0 Å². The molecule has 1 fully saturated rings. The number of aromatic amines is 1. The maximum atomic E-state index is 13.0. The SMILES string of the molecule is CS(=O)(=O)c1ccc(-c2nn(-c3cc(C(F)(F)F)n[nH]3)c(O)c2CCC2CCOCC2)cc1. The summed E-state index contributed by atoms with van der Waals surface area (Å²) in [6.07, 6.45) is -0.578. The Morgan fingerprint density at radius 3 is 2.45 bits per heavy atom. The monoisotopic (exact) mass is 484 g/mol. The van der Waals surface area contributed by atoms with Gasteiger partial charge in [-0.05, 0) is 43.7 Å². The molecule has 12 heteroatoms. The van der Waals surface area contributed by atoms with Crippen LogP contribution >= 0.6 is 0 Å². The van der Waals surface area contributed by atoms with Gasteiger partial charge in [0.1, 0.15) is 0 Å². The number of alkyl halides is 3. The second kappa shape index (κ2) is 8.82. The Hall–Kier alpha value is -2.86. The average Bonchev–Trinajstić information content (AvgIpc) is 3.37. The molecule has 4 rings (SSSR count). The van der Waals surface area contributed by atoms with E-state index in [9.17, 15) is 26.7 Å². The number of halogens is 3. The van der Waals surface area contributed by atoms with Crippen LogP contribution in [-0.2, 0) is 27.2 Å². The summed E-state index contributed by atoms with van der Waals surface area (Å²) >= 11 is 0. The summed E-state index contributed by atoms with van der Waals surface area (Å²) < 4.78 is 68.9. The molecule has 0 unspecified atom stereocenters. The van der Waals surface area contributed by atoms with Crippen molar-refractivity contribution in [3.05, 3.63) is 41.6 Å². The van der Waals surface area contributed by atoms with Gasteiger partial charge in [-0.2, -0.15) is 28.1 Å². The second-order valence-electron chi connectivity index (χ2n) is 8.09. The van der Waals surface area contributed by atoms with E-state index in [2.05, 4.69) is 15.3 Å². The van der Waals surface area contributed by atoms with E-state index in [0.717, 1.165) is 36.3 Å². The molecule has 3 heterocycles. The number of nitrogens with zero attached hydrogens (tertiary/aromatic N) is 3. The average molecular weight is 485 g/mol. The number of aromatic hydroxyl groups is 1. The summed E-state index contributed by atoms with van der Waals surface area (Å²) in [5.74, 6) is -0.0290. The third-order valence-electron chi connectivity index (χ3n) is 5.74. The number of ether oxygens (including phenoxy) is 1. The van der Waals surface area contributed by atoms with Gasteiger partial charge in [-0.15, -0.1) is 0 Å². The Bertz CT molecular complexity index is 1230. The highest BCUT2D eigenvalue weighted by molar-refractivity contribution is 7.90. The lowest BCUT2D eigenvalue weighted by molar-refractivity contribution is -0.141. The normalized spacial score (nSPS) is 15.8. The molecule has 0 saturated carbocycles. The Morgan fingerprint density at radius 1 is 1.21 bits per heavy atom. The minimum Gasteiger partial charge on any atom is -0.493 e. The topological polar surface area (TPSA) is 110 Å². The first kappa shape index (κ1) is 23.3. The van der Waals surface area contributed by atoms with Crippen molar-refractivity contribution in [3.63, 3.8) is 0 Å². The van der Waals surface area contributed by atoms with Gasteiger partial charge in [0.15, 0.2) is 21.3 Å². The van der Waals surface area contributed by atoms with Crippen molar-refractivity contribution in [2.45, 2.75) is 36.8 Å². The lowest BCUT2D eigenvalue weighted by Crippen LogP contribution is -2.16. The highest BCUT2D eigenvalue weighted by Gasteiger charge is 2.34. The molecule has 33 heavy (non-hydrogen) atoms. The highest BCUT2D eigenvalue weighted by Crippen LogP contribution is 2.36. The summed E-state index contributed by atoms with van der Waals surface area (Å²) in [4.78, 5) is 0.127. The first-order valence-corrected chi connectivity index (χ1v) is 12.3. The van der Waals surface area contributed by atoms with Crippen LogP contribution in [0.2, 0.25) is 0 Å². The van der Waals surface area contributed by atoms with Gasteiger partial charge in [-0.1, -0.05) is 12.1 Å². The molecule has 1 aliphatic heterocycles. The van der Waals surface area contributed by atoms with Crippen LogP contribution in [0.5, 0.6) is 5.88 Å². The van der Waals surface area contributed by atoms with E-state index >= 15 is 0 Å². The molecule has 178 valence electrons. The number of sulfone groups is 1. The predicted molar refractivity (Wildman–Crippen MR) is 113 cm³/mol. The van der Waals surface area contributed by atoms with Crippen LogP contribution in [0.25, 0.3) is 17.1 Å². The van der Waals surface area contributed by atoms with Crippen LogP contribution in [0, 0.1) is 5.92 Å². The third kappa shape index (κ3) is 5.06. The van der Waals surface area contributed by atoms with Gasteiger partial charge in [0.25, 0.3) is 0 Å². The largest absolute Gasteiger partial charge is 0.493 e. The van der Waals surface area contributed by atoms with Crippen molar-refractivity contribution < 1.29 is 31.4 Å². The van der Waals surface area contributed by atoms with Crippen molar-refractivity contribution in [2.75, 3.05) is 19.5 Å². The van der Waals surface area contributed by atoms with Crippen molar-refractivity contribution in [1.82, 2.24) is 20.0 Å². The Morgan fingerprint density at radius 2 is 1.88 bits per heavy atom. The van der Waals surface area contributed by atoms with Crippen LogP contribution in [0.3, 0.4) is 0 Å². The van der Waals surface area contributed by atoms with Gasteiger partial charge in [-0.25, -0.2) is 8.42 Å². The van der Waals surface area contributed by atoms with Crippen LogP contribution in [0.4, 0.5) is 13.2 Å². The van der Waals surface area contributed by atoms with Gasteiger partial charge >= 0.3 is 6.18 Å². The minimum atomic E-state index is -4.65. The summed E-state index contributed by atoms with van der Waals surface area (Å²) in [6.45, 7) is 1.34. The molecule has 0 radical (unpaired) electrons. The zero-order chi connectivity index (χ0) is 23.8. The van der Waals surface area contributed by atoms with E-state index in [1.54, 1.807) is 12.1 Å². The van der Waals surface area contributed by atoms with Gasteiger partial charge in [0, 0.05) is 36.7 Å². The standard InChI is InChI=1S/C21H23F3N4O4S/c1-33(30,31)15-5-3-14(4-6-15)19-16(7-2-13-8-10-32-11-9-13)20(29)28(27-19)18-12-17(25-26-18)21(22,23)24/h3-6,12-13,29H,2,7-11H2,1H3,(H,25,26). The Labute approximate surface area is 188 Å². The van der Waals surface area contributed by atoms with Crippen molar-refractivity contribution in [3.8, 4) is 23.0 Å². The van der Waals surface area contributed by atoms with E-state index < -0.39 is 21.7 Å². The summed E-state index contributed by atoms with van der Waals surface area (Å²) in [6, 6.07) is 6.76. The molecule has 3 aromatic rings. The number of aromatic nitrogens is 4. The number of hydrogen-bond acceptors (Lipinski definition) is 6. The van der Waals surface area contributed by atoms with Gasteiger partial charge in [0.2, 0.25) is 5.88 Å². The number of hydrogen-bond donors (Lipinski definition) is 2. The smallest absolute Gasteiger partial charge is 0.435 e. The van der Waals surface area contributed by atoms with Gasteiger partial charge in [-0.3, -0.25) is 5.10 Å². The van der Waals surface area contributed by atoms with Crippen molar-refractivity contribution in [2.24, 2.45) is 5.92 Å². The maximum absolute atomic E-state index is 13.0. The molecule has 0 atom stereocenters. The van der Waals surface area contributed by atoms with E-state index in [1.807, 2.05) is 0 Å². The lowest BCUT2D eigenvalue weighted by atomic mass is 9.92. The highest BCUT2D eigenvalue weighted by atomic mass is 32.2. The molecule has 1 aromatic carbocycles. The van der Waals surface area contributed by atoms with E-state index in [4.69, 9.17) is 4.74 Å². The van der Waals surface area contributed by atoms with E-state index in [0.29, 0.717) is 42.4 Å². The number of H-pyrrole nitrogens is 1. The van der Waals surface area contributed by atoms with Crippen LogP contribution < -0.4 is 0 Å². The molecule has 1 aliphatic rings. The third-order valence-corrected chi connectivity index (χ3v) is 6.87. The lowest BCUT2D eigenvalue weighted by Gasteiger charge is -2.21. The zero-order valence-corrected chi connectivity index (χ0v) is 18.6. The molecule has 0 amide bonds. The maximum Gasteiger partial charge on any atom is 0.435 e. The molecular weight excluding hydrogens is 461 g/mol. The zero-order valence-electron chi connectivity index (χ0n) is 17.8. The second-order valence-corrected chi connectivity index (χ2v) is 10.1. The fourth-order valence-corrected chi connectivity index (χ4v) is 4.51. The number of benzene rings is 1. The predicted octanol–water partition coefficient (Wildman–Crippen LogP) is 3.75. The molecule has 0 spiro atoms. The van der Waals surface area contributed by atoms with Gasteiger partial charge < -0.3 is 9.84 Å². The fraction of sp³-hybridized carbons (Fsp3) is 0.429. The fourth-order valence-electron chi connectivity index (χ4n) is 3.88. The molecule has 0 bridgehead atoms. The number of nitrogens with one attached hydrogen (secondary N) is 1. The van der Waals surface area contributed by atoms with Crippen LogP contribution in [0.15, 0.2) is 35.2 Å². The van der Waals surface area contributed by atoms with E-state index in [1.165, 1.54) is 12.1 Å². The summed E-state index contributed by atoms with van der Waals surface area (Å²) in [7, 11) is -3.40. The Kier molecular flexibility index (Phi) is 6.23. The summed E-state index contributed by atoms with van der Waals surface area (Å²) in [5, 5.41) is 20.8. The molecular formula is C21H23F3N4O4S. The molecule has 1 saturated heterocycles. The van der Waals surface area contributed by atoms with Crippen LogP contribution in [0.1, 0.15) is 30.5 Å². The van der Waals surface area contributed by atoms with Crippen molar-refractivity contribution in [1.29, 1.82) is 0 Å². The Balaban J connectivity index is 1.73. The first-order chi connectivity index (χ1) is 15.5. The number of rotatable bonds is 6. The molecule has 2 N–H and O–H groups in total. The summed E-state index contributed by atoms with van der Waals surface area (Å²) in [5.41, 5.74) is 0.240. The quantitative estimate of drug-likeness (QED) is 0.552. The molecule has 0 aliphatic carbocycles. The minimum absolute atomic E-state index is 0.127. The van der Waals surface area contributed by atoms with Crippen molar-refractivity contribution >= 4 is 9.84 Å². The van der Waals surface area contributed by atoms with E-state index in [-0.39, 0.29) is 16.6 Å². The molecule has 8 nitrogen and oxygen atoms in total. The van der Waals surface area contributed by atoms with Gasteiger partial charge in [0.05, 0.1) is 10.6 Å².